The van der Waals surface area contributed by atoms with Crippen molar-refractivity contribution in [3.05, 3.63) is 88.2 Å². The van der Waals surface area contributed by atoms with Gasteiger partial charge in [-0.05, 0) is 128 Å². The van der Waals surface area contributed by atoms with Crippen LogP contribution in [-0.4, -0.2) is 186 Å². The van der Waals surface area contributed by atoms with Gasteiger partial charge < -0.3 is 61.7 Å². The van der Waals surface area contributed by atoms with Crippen LogP contribution in [0.1, 0.15) is 173 Å². The number of ether oxygens (including phenoxy) is 1. The molecule has 5 unspecified atom stereocenters. The van der Waals surface area contributed by atoms with Gasteiger partial charge in [-0.1, -0.05) is 43.2 Å². The zero-order valence-electron chi connectivity index (χ0n) is 58.9. The summed E-state index contributed by atoms with van der Waals surface area (Å²) in [5.74, 6) is -1.35. The minimum absolute atomic E-state index is 0.0183. The number of thiol groups is 1. The van der Waals surface area contributed by atoms with E-state index in [-0.39, 0.29) is 97.3 Å². The fourth-order valence-electron chi connectivity index (χ4n) is 12.5. The predicted molar refractivity (Wildman–Crippen MR) is 391 cm³/mol. The number of anilines is 1. The average Bonchev–Trinajstić information content (AvgIpc) is 1.58. The van der Waals surface area contributed by atoms with Crippen LogP contribution in [0, 0.1) is 5.41 Å². The third-order valence-electron chi connectivity index (χ3n) is 18.1. The maximum Gasteiger partial charge on any atom is 0.490 e. The van der Waals surface area contributed by atoms with Crippen LogP contribution in [0.5, 0.6) is 0 Å². The van der Waals surface area contributed by atoms with E-state index in [2.05, 4.69) is 64.3 Å². The van der Waals surface area contributed by atoms with Crippen LogP contribution in [0.2, 0.25) is 0 Å². The number of nitrogens with two attached hydrogens (primary N) is 1. The molecule has 1 fully saturated rings. The molecule has 1 aromatic carbocycles. The van der Waals surface area contributed by atoms with Crippen LogP contribution >= 0.6 is 36.1 Å². The molecule has 5 amide bonds. The highest BCUT2D eigenvalue weighted by molar-refractivity contribution is 7.86. The van der Waals surface area contributed by atoms with Crippen molar-refractivity contribution >= 4 is 115 Å². The molecule has 105 heavy (non-hydrogen) atoms. The summed E-state index contributed by atoms with van der Waals surface area (Å²) in [6, 6.07) is 3.42. The lowest BCUT2D eigenvalue weighted by Crippen LogP contribution is -2.47. The second kappa shape index (κ2) is 40.3. The Morgan fingerprint density at radius 3 is 2.25 bits per heavy atom. The molecule has 586 valence electrons. The summed E-state index contributed by atoms with van der Waals surface area (Å²) in [4.78, 5) is 119. The molecular formula is C64H99N11O24P3S3+. The smallest absolute Gasteiger partial charge is 0.390 e. The molecule has 6 rings (SSSR count). The van der Waals surface area contributed by atoms with Gasteiger partial charge in [-0.15, -0.1) is 0 Å². The van der Waals surface area contributed by atoms with Crippen LogP contribution in [-0.2, 0) is 81.2 Å². The SMILES string of the molecule is CC1=NN(CCCS)/C2=C/C=C/C=C/C3=[N+](CCCCCC(=O)NC(C(=O)NCCCCCC(=O)NCCCCCC(=O)NC/C=C/c4cn([C@H]5C[C@@H](O)[C@@H](COP(=O)(O)OP(=O)(O)OP(=O)(O)O)O5)c(=O)nc4N)CCCCNC(=O)CCC12C)c1ccc(S(=O)(=O)O)cc1C3(C)CCCS(=O)(=O)O. The first-order valence-corrected chi connectivity index (χ1v) is 42.8. The van der Waals surface area contributed by atoms with E-state index >= 15 is 0 Å². The number of hydrogen-bond donors (Lipinski definition) is 14. The van der Waals surface area contributed by atoms with E-state index in [0.29, 0.717) is 139 Å². The van der Waals surface area contributed by atoms with E-state index < -0.39 is 97.1 Å². The topological polar surface area (TPSA) is 523 Å². The van der Waals surface area contributed by atoms with Gasteiger partial charge in [0.2, 0.25) is 35.2 Å². The molecule has 1 saturated heterocycles. The van der Waals surface area contributed by atoms with Crippen molar-refractivity contribution in [3.63, 3.8) is 0 Å². The molecule has 4 aliphatic heterocycles. The number of fused-ring (bicyclic) bond motifs is 3. The molecule has 5 heterocycles. The second-order valence-electron chi connectivity index (χ2n) is 26.3. The Balaban J connectivity index is 0.948. The molecule has 0 saturated carbocycles. The van der Waals surface area contributed by atoms with Crippen molar-refractivity contribution in [1.82, 2.24) is 41.1 Å². The number of nitrogen functional groups attached to an aromatic ring is 1. The number of phosphoric ester groups is 1. The summed E-state index contributed by atoms with van der Waals surface area (Å²) in [6.07, 6.45) is 17.9. The first kappa shape index (κ1) is 87.8. The number of hydrogen-bond acceptors (Lipinski definition) is 23. The van der Waals surface area contributed by atoms with Gasteiger partial charge in [0, 0.05) is 118 Å². The number of hydrazone groups is 1. The monoisotopic (exact) mass is 1590 g/mol. The van der Waals surface area contributed by atoms with Gasteiger partial charge in [0.1, 0.15) is 30.7 Å². The maximum absolute atomic E-state index is 13.8. The fraction of sp³-hybridized carbons (Fsp3) is 0.609. The minimum Gasteiger partial charge on any atom is -0.390 e. The number of aliphatic hydroxyl groups is 1. The third-order valence-corrected chi connectivity index (χ3v) is 23.9. The number of unbranched alkanes of at least 4 members (excludes halogenated alkanes) is 4. The number of allylic oxidation sites excluding steroid dienone is 6. The lowest BCUT2D eigenvalue weighted by molar-refractivity contribution is -0.438. The summed E-state index contributed by atoms with van der Waals surface area (Å²) >= 11 is 4.43. The molecule has 2 aromatic rings. The number of carbonyl (C=O) groups is 5. The third kappa shape index (κ3) is 28.4. The molecule has 35 nitrogen and oxygen atoms in total. The molecule has 0 bridgehead atoms. The normalized spacial score (nSPS) is 24.3. The highest BCUT2D eigenvalue weighted by Gasteiger charge is 2.49. The Labute approximate surface area is 615 Å². The molecule has 8 atom stereocenters. The molecule has 0 radical (unpaired) electrons. The number of nitrogens with one attached hydrogen (secondary N) is 5. The summed E-state index contributed by atoms with van der Waals surface area (Å²) in [5.41, 5.74) is 7.26. The van der Waals surface area contributed by atoms with Gasteiger partial charge in [-0.2, -0.15) is 52.7 Å². The fourth-order valence-corrected chi connectivity index (χ4v) is 16.7. The van der Waals surface area contributed by atoms with E-state index in [9.17, 15) is 83.3 Å². The highest BCUT2D eigenvalue weighted by Crippen LogP contribution is 2.66. The number of benzene rings is 1. The van der Waals surface area contributed by atoms with Crippen molar-refractivity contribution in [1.29, 1.82) is 0 Å². The predicted octanol–water partition coefficient (Wildman–Crippen LogP) is 5.41. The van der Waals surface area contributed by atoms with E-state index in [1.165, 1.54) is 30.5 Å². The summed E-state index contributed by atoms with van der Waals surface area (Å²) < 4.78 is 124. The molecule has 0 spiro atoms. The molecule has 0 aliphatic carbocycles. The van der Waals surface area contributed by atoms with Crippen LogP contribution in [0.4, 0.5) is 11.5 Å². The second-order valence-corrected chi connectivity index (χ2v) is 34.1. The zero-order valence-corrected chi connectivity index (χ0v) is 64.1. The van der Waals surface area contributed by atoms with Gasteiger partial charge >= 0.3 is 29.2 Å². The number of amides is 5. The first-order valence-electron chi connectivity index (χ1n) is 34.6. The van der Waals surface area contributed by atoms with E-state index in [0.717, 1.165) is 22.4 Å². The molecule has 1 aromatic heterocycles. The Morgan fingerprint density at radius 2 is 1.56 bits per heavy atom. The number of aromatic nitrogens is 2. The first-order chi connectivity index (χ1) is 49.3. The van der Waals surface area contributed by atoms with Crippen LogP contribution in [0.25, 0.3) is 6.08 Å². The number of nitrogens with zero attached hydrogens (tertiary/aromatic N) is 5. The van der Waals surface area contributed by atoms with Gasteiger partial charge in [-0.3, -0.25) is 47.2 Å². The largest absolute Gasteiger partial charge is 0.490 e. The van der Waals surface area contributed by atoms with Crippen LogP contribution in [0.15, 0.2) is 81.3 Å². The van der Waals surface area contributed by atoms with Gasteiger partial charge in [0.15, 0.2) is 5.71 Å². The van der Waals surface area contributed by atoms with E-state index in [1.54, 1.807) is 6.07 Å². The summed E-state index contributed by atoms with van der Waals surface area (Å²) in [6.45, 7) is 6.98. The van der Waals surface area contributed by atoms with Crippen LogP contribution < -0.4 is 38.0 Å². The minimum atomic E-state index is -5.80. The molecule has 14 N–H and O–H groups in total. The number of carbonyl (C=O) groups excluding carboxylic acids is 5. The van der Waals surface area contributed by atoms with Crippen molar-refractivity contribution < 1.29 is 111 Å². The number of rotatable bonds is 32. The molecule has 4 aliphatic rings. The Bertz CT molecular complexity index is 4060. The molecule has 41 heteroatoms. The number of aliphatic hydroxyl groups excluding tert-OH is 1. The number of phosphoric acid groups is 3. The maximum atomic E-state index is 13.8. The average molecular weight is 1600 g/mol. The Morgan fingerprint density at radius 1 is 0.857 bits per heavy atom. The zero-order chi connectivity index (χ0) is 77.4. The van der Waals surface area contributed by atoms with Crippen molar-refractivity contribution in [2.45, 2.75) is 190 Å². The molecular weight excluding hydrogens is 1500 g/mol. The van der Waals surface area contributed by atoms with Crippen LogP contribution in [0.3, 0.4) is 0 Å². The van der Waals surface area contributed by atoms with Crippen molar-refractivity contribution in [2.75, 3.05) is 63.1 Å². The lowest BCUT2D eigenvalue weighted by Gasteiger charge is -2.29. The van der Waals surface area contributed by atoms with Crippen molar-refractivity contribution in [2.24, 2.45) is 10.5 Å². The Hall–Kier alpha value is -6.15. The summed E-state index contributed by atoms with van der Waals surface area (Å²) in [5, 5.41) is 31.8. The van der Waals surface area contributed by atoms with Gasteiger partial charge in [0.05, 0.1) is 28.8 Å². The highest BCUT2D eigenvalue weighted by atomic mass is 32.2. The summed E-state index contributed by atoms with van der Waals surface area (Å²) in [7, 11) is -26.0. The van der Waals surface area contributed by atoms with Gasteiger partial charge in [-0.25, -0.2) is 18.5 Å². The van der Waals surface area contributed by atoms with Crippen molar-refractivity contribution in [3.8, 4) is 0 Å². The van der Waals surface area contributed by atoms with Gasteiger partial charge in [0.25, 0.3) is 20.2 Å². The Kier molecular flexibility index (Phi) is 33.7. The lowest BCUT2D eigenvalue weighted by atomic mass is 9.76. The standard InChI is InChI=1S/C64H98N11O24P3S3/c1-45-63(2)32-30-57(79)67-34-16-13-22-49(70-58(80)27-12-7-17-37-73-50-29-28-47(105(93,94)95)41-48(50)64(3,31-19-40-104(90,91)92)53(73)23-8-4-9-24-54(63)75(72-45)38-20-39-103)61(81)69-35-15-6-11-25-55(77)66-33-14-5-10-26-56(78)68-36-18-21-46-43-74(62(82)71-60(46)65)59-42-51(76)52(97-59)44-96-101(86,87)99-102(88,89)98-100(83,84)85/h4,8-9,18,21,23-24,28-29,41,43,49,51-52,59,76H,5-7,10-17,19-20,22,25-27,30-40,42,44H2,1-3H3,(H13-,65,66,67,68,69,70,71,77,78,79,80,81,82,83,84,85,86,87,88,89,90,91,92,93,94,95,103)/p+1/b21-18+/t49?,51-,52-,59-,63?,64?/m1/s1. The van der Waals surface area contributed by atoms with E-state index in [4.69, 9.17) is 25.4 Å². The quantitative estimate of drug-likeness (QED) is 0.0143. The van der Waals surface area contributed by atoms with E-state index in [1.807, 2.05) is 53.8 Å².